The molecule has 2 atom stereocenters. The zero-order valence-electron chi connectivity index (χ0n) is 20.0. The Hall–Kier alpha value is -2.53. The maximum atomic E-state index is 14.5. The van der Waals surface area contributed by atoms with E-state index in [2.05, 4.69) is 20.4 Å². The van der Waals surface area contributed by atoms with Crippen LogP contribution in [0.15, 0.2) is 18.2 Å². The van der Waals surface area contributed by atoms with Crippen molar-refractivity contribution < 1.29 is 31.4 Å². The van der Waals surface area contributed by atoms with Crippen molar-refractivity contribution in [1.29, 1.82) is 0 Å². The number of ether oxygens (including phenoxy) is 2. The van der Waals surface area contributed by atoms with E-state index >= 15 is 0 Å². The van der Waals surface area contributed by atoms with Gasteiger partial charge in [0.2, 0.25) is 5.82 Å². The number of benzene rings is 1. The Morgan fingerprint density at radius 3 is 2.39 bits per heavy atom. The Labute approximate surface area is 206 Å². The number of rotatable bonds is 6. The maximum Gasteiger partial charge on any atom is 0.420 e. The van der Waals surface area contributed by atoms with Gasteiger partial charge >= 0.3 is 6.18 Å². The molecular formula is C25H29F5N4O2. The number of nitrogens with zero attached hydrogens (tertiary/aromatic N) is 3. The van der Waals surface area contributed by atoms with Crippen molar-refractivity contribution in [3.63, 3.8) is 0 Å². The fourth-order valence-corrected chi connectivity index (χ4v) is 5.88. The van der Waals surface area contributed by atoms with Crippen LogP contribution in [0, 0.1) is 29.4 Å². The standard InChI is InChI=1S/C25H29F5N4O2/c1-35-21-3-2-18(22(26)23(21)27)20-10-19(25(28,29)30)24(33-32-20)31-17-8-15-12-34(13-16(15)9-17)11-14-4-6-36-7-5-14/h2-3,10,14-17H,4-9,11-13H2,1H3,(H,31,33)/t15-,16-/m1/s1. The fraction of sp³-hybridized carbons (Fsp3) is 0.600. The number of anilines is 1. The zero-order chi connectivity index (χ0) is 25.4. The lowest BCUT2D eigenvalue weighted by atomic mass is 10.00. The smallest absolute Gasteiger partial charge is 0.420 e. The first kappa shape index (κ1) is 25.1. The largest absolute Gasteiger partial charge is 0.494 e. The van der Waals surface area contributed by atoms with Crippen molar-refractivity contribution in [2.24, 2.45) is 17.8 Å². The molecule has 1 aliphatic carbocycles. The van der Waals surface area contributed by atoms with Crippen LogP contribution < -0.4 is 10.1 Å². The number of nitrogens with one attached hydrogen (secondary N) is 1. The van der Waals surface area contributed by atoms with E-state index in [9.17, 15) is 22.0 Å². The summed E-state index contributed by atoms with van der Waals surface area (Å²) < 4.78 is 80.5. The molecule has 2 aromatic rings. The van der Waals surface area contributed by atoms with Crippen molar-refractivity contribution in [2.45, 2.75) is 37.9 Å². The van der Waals surface area contributed by atoms with Crippen LogP contribution in [0.1, 0.15) is 31.2 Å². The van der Waals surface area contributed by atoms with E-state index < -0.39 is 34.6 Å². The summed E-state index contributed by atoms with van der Waals surface area (Å²) in [5.41, 5.74) is -1.88. The van der Waals surface area contributed by atoms with Crippen LogP contribution >= 0.6 is 0 Å². The van der Waals surface area contributed by atoms with Crippen molar-refractivity contribution >= 4 is 5.82 Å². The number of likely N-dealkylation sites (tertiary alicyclic amines) is 1. The number of aromatic nitrogens is 2. The van der Waals surface area contributed by atoms with E-state index in [4.69, 9.17) is 9.47 Å². The summed E-state index contributed by atoms with van der Waals surface area (Å²) in [6, 6.07) is 2.82. The molecule has 1 saturated carbocycles. The molecule has 3 heterocycles. The minimum atomic E-state index is -4.75. The summed E-state index contributed by atoms with van der Waals surface area (Å²) in [6.07, 6.45) is -1.07. The minimum absolute atomic E-state index is 0.151. The third kappa shape index (κ3) is 5.13. The van der Waals surface area contributed by atoms with Crippen LogP contribution in [0.4, 0.5) is 27.8 Å². The van der Waals surface area contributed by atoms with E-state index in [1.54, 1.807) is 0 Å². The molecule has 3 fully saturated rings. The number of hydrogen-bond acceptors (Lipinski definition) is 6. The Morgan fingerprint density at radius 1 is 1.06 bits per heavy atom. The topological polar surface area (TPSA) is 59.5 Å². The average molecular weight is 513 g/mol. The SMILES string of the molecule is COc1ccc(-c2cc(C(F)(F)F)c(NC3C[C@@H]4CN(CC5CCOCC5)C[C@H]4C3)nn2)c(F)c1F. The molecule has 0 radical (unpaired) electrons. The Kier molecular flexibility index (Phi) is 7.04. The van der Waals surface area contributed by atoms with Gasteiger partial charge in [-0.2, -0.15) is 17.6 Å². The van der Waals surface area contributed by atoms with Crippen molar-refractivity contribution in [3.05, 3.63) is 35.4 Å². The molecule has 1 aromatic carbocycles. The molecule has 0 amide bonds. The van der Waals surface area contributed by atoms with Crippen LogP contribution in [0.3, 0.4) is 0 Å². The van der Waals surface area contributed by atoms with Gasteiger partial charge < -0.3 is 19.7 Å². The zero-order valence-corrected chi connectivity index (χ0v) is 20.0. The highest BCUT2D eigenvalue weighted by molar-refractivity contribution is 5.64. The molecule has 6 nitrogen and oxygen atoms in total. The monoisotopic (exact) mass is 512 g/mol. The quantitative estimate of drug-likeness (QED) is 0.550. The molecule has 0 bridgehead atoms. The summed E-state index contributed by atoms with van der Waals surface area (Å²) >= 11 is 0. The first-order valence-electron chi connectivity index (χ1n) is 12.3. The lowest BCUT2D eigenvalue weighted by Crippen LogP contribution is -2.32. The average Bonchev–Trinajstić information content (AvgIpc) is 3.39. The Balaban J connectivity index is 1.28. The number of halogens is 5. The van der Waals surface area contributed by atoms with Crippen molar-refractivity contribution in [1.82, 2.24) is 15.1 Å². The van der Waals surface area contributed by atoms with Gasteiger partial charge in [-0.3, -0.25) is 0 Å². The molecule has 1 aromatic heterocycles. The fourth-order valence-electron chi connectivity index (χ4n) is 5.88. The molecule has 0 unspecified atom stereocenters. The number of fused-ring (bicyclic) bond motifs is 1. The summed E-state index contributed by atoms with van der Waals surface area (Å²) in [7, 11) is 1.17. The van der Waals surface area contributed by atoms with Crippen LogP contribution in [0.2, 0.25) is 0 Å². The van der Waals surface area contributed by atoms with Gasteiger partial charge in [0.1, 0.15) is 5.56 Å². The molecule has 3 aliphatic rings. The maximum absolute atomic E-state index is 14.5. The summed E-state index contributed by atoms with van der Waals surface area (Å²) in [6.45, 7) is 4.61. The highest BCUT2D eigenvalue weighted by Crippen LogP contribution is 2.42. The van der Waals surface area contributed by atoms with Gasteiger partial charge in [0, 0.05) is 44.5 Å². The van der Waals surface area contributed by atoms with E-state index in [1.807, 2.05) is 0 Å². The second-order valence-corrected chi connectivity index (χ2v) is 10.0. The van der Waals surface area contributed by atoms with Crippen LogP contribution in [-0.4, -0.2) is 61.1 Å². The third-order valence-electron chi connectivity index (χ3n) is 7.67. The predicted molar refractivity (Wildman–Crippen MR) is 123 cm³/mol. The van der Waals surface area contributed by atoms with Gasteiger partial charge in [-0.15, -0.1) is 10.2 Å². The third-order valence-corrected chi connectivity index (χ3v) is 7.67. The van der Waals surface area contributed by atoms with E-state index in [0.717, 1.165) is 70.7 Å². The Bertz CT molecular complexity index is 1080. The second kappa shape index (κ2) is 10.1. The van der Waals surface area contributed by atoms with Gasteiger partial charge in [0.05, 0.1) is 12.8 Å². The first-order chi connectivity index (χ1) is 17.2. The van der Waals surface area contributed by atoms with E-state index in [-0.39, 0.29) is 17.6 Å². The molecule has 2 aliphatic heterocycles. The highest BCUT2D eigenvalue weighted by atomic mass is 19.4. The van der Waals surface area contributed by atoms with Crippen LogP contribution in [0.25, 0.3) is 11.3 Å². The molecule has 1 N–H and O–H groups in total. The van der Waals surface area contributed by atoms with E-state index in [0.29, 0.717) is 23.8 Å². The summed E-state index contributed by atoms with van der Waals surface area (Å²) in [5.74, 6) is -1.86. The summed E-state index contributed by atoms with van der Waals surface area (Å²) in [5, 5.41) is 10.5. The van der Waals surface area contributed by atoms with Crippen LogP contribution in [-0.2, 0) is 10.9 Å². The summed E-state index contributed by atoms with van der Waals surface area (Å²) in [4.78, 5) is 2.49. The normalized spacial score (nSPS) is 23.7. The lowest BCUT2D eigenvalue weighted by molar-refractivity contribution is -0.137. The number of hydrogen-bond donors (Lipinski definition) is 1. The van der Waals surface area contributed by atoms with Gasteiger partial charge in [-0.05, 0) is 61.6 Å². The molecule has 5 rings (SSSR count). The highest BCUT2D eigenvalue weighted by Gasteiger charge is 2.43. The Morgan fingerprint density at radius 2 is 1.75 bits per heavy atom. The number of methoxy groups -OCH3 is 1. The molecule has 2 saturated heterocycles. The van der Waals surface area contributed by atoms with Gasteiger partial charge in [-0.25, -0.2) is 4.39 Å². The second-order valence-electron chi connectivity index (χ2n) is 10.0. The minimum Gasteiger partial charge on any atom is -0.494 e. The molecule has 36 heavy (non-hydrogen) atoms. The predicted octanol–water partition coefficient (Wildman–Crippen LogP) is 5.00. The van der Waals surface area contributed by atoms with Gasteiger partial charge in [0.15, 0.2) is 17.4 Å². The lowest BCUT2D eigenvalue weighted by Gasteiger charge is -2.28. The molecule has 11 heteroatoms. The number of alkyl halides is 3. The van der Waals surface area contributed by atoms with Crippen molar-refractivity contribution in [2.75, 3.05) is 45.3 Å². The van der Waals surface area contributed by atoms with Gasteiger partial charge in [0.25, 0.3) is 0 Å². The first-order valence-corrected chi connectivity index (χ1v) is 12.3. The molecule has 0 spiro atoms. The molecular weight excluding hydrogens is 483 g/mol. The van der Waals surface area contributed by atoms with E-state index in [1.165, 1.54) is 7.11 Å². The van der Waals surface area contributed by atoms with Gasteiger partial charge in [-0.1, -0.05) is 0 Å². The molecule has 196 valence electrons. The van der Waals surface area contributed by atoms with Crippen molar-refractivity contribution in [3.8, 4) is 17.0 Å². The van der Waals surface area contributed by atoms with Crippen LogP contribution in [0.5, 0.6) is 5.75 Å².